The highest BCUT2D eigenvalue weighted by atomic mass is 32.2. The fourth-order valence-corrected chi connectivity index (χ4v) is 4.10. The van der Waals surface area contributed by atoms with E-state index < -0.39 is 6.04 Å². The summed E-state index contributed by atoms with van der Waals surface area (Å²) in [6.45, 7) is 4.15. The predicted molar refractivity (Wildman–Crippen MR) is 131 cm³/mol. The largest absolute Gasteiger partial charge is 0.497 e. The molecule has 3 aromatic rings. The third kappa shape index (κ3) is 6.36. The lowest BCUT2D eigenvalue weighted by atomic mass is 10.1. The van der Waals surface area contributed by atoms with Crippen molar-refractivity contribution in [3.8, 4) is 5.75 Å². The Morgan fingerprint density at radius 1 is 1.09 bits per heavy atom. The number of nitrogens with one attached hydrogen (secondary N) is 2. The van der Waals surface area contributed by atoms with E-state index in [1.54, 1.807) is 35.9 Å². The lowest BCUT2D eigenvalue weighted by Crippen LogP contribution is -2.32. The molecule has 2 aromatic carbocycles. The molecule has 0 saturated heterocycles. The summed E-state index contributed by atoms with van der Waals surface area (Å²) >= 11 is 1.24. The number of carbonyl (C=O) groups excluding carboxylic acids is 2. The molecule has 0 unspecified atom stereocenters. The molecular weight excluding hydrogens is 454 g/mol. The molecule has 9 nitrogen and oxygen atoms in total. The van der Waals surface area contributed by atoms with E-state index >= 15 is 0 Å². The van der Waals surface area contributed by atoms with Gasteiger partial charge in [-0.3, -0.25) is 9.59 Å². The average molecular weight is 484 g/mol. The monoisotopic (exact) mass is 483 g/mol. The normalized spacial score (nSPS) is 11.6. The highest BCUT2D eigenvalue weighted by molar-refractivity contribution is 7.99. The van der Waals surface area contributed by atoms with Gasteiger partial charge < -0.3 is 25.0 Å². The lowest BCUT2D eigenvalue weighted by molar-refractivity contribution is -0.113. The second-order valence-electron chi connectivity index (χ2n) is 7.41. The van der Waals surface area contributed by atoms with Gasteiger partial charge in [0.1, 0.15) is 11.8 Å². The van der Waals surface area contributed by atoms with Crippen molar-refractivity contribution < 1.29 is 19.4 Å². The maximum Gasteiger partial charge on any atom is 0.251 e. The van der Waals surface area contributed by atoms with Crippen LogP contribution in [-0.4, -0.2) is 51.2 Å². The van der Waals surface area contributed by atoms with Gasteiger partial charge in [-0.1, -0.05) is 30.8 Å². The van der Waals surface area contributed by atoms with E-state index in [9.17, 15) is 14.7 Å². The Morgan fingerprint density at radius 3 is 2.38 bits per heavy atom. The van der Waals surface area contributed by atoms with Crippen molar-refractivity contribution in [3.63, 3.8) is 0 Å². The van der Waals surface area contributed by atoms with Crippen molar-refractivity contribution in [3.05, 3.63) is 65.5 Å². The number of rotatable bonds is 11. The number of ether oxygens (including phenoxy) is 1. The summed E-state index contributed by atoms with van der Waals surface area (Å²) in [6, 6.07) is 13.6. The lowest BCUT2D eigenvalue weighted by Gasteiger charge is -2.17. The third-order valence-corrected chi connectivity index (χ3v) is 6.16. The number of methoxy groups -OCH3 is 1. The molecule has 1 aromatic heterocycles. The number of benzene rings is 2. The molecule has 0 fully saturated rings. The number of nitrogens with zero attached hydrogens (tertiary/aromatic N) is 3. The van der Waals surface area contributed by atoms with Crippen LogP contribution in [0.5, 0.6) is 5.75 Å². The van der Waals surface area contributed by atoms with Crippen LogP contribution in [0.3, 0.4) is 0 Å². The van der Waals surface area contributed by atoms with Crippen LogP contribution in [0.2, 0.25) is 0 Å². The molecule has 2 amide bonds. The van der Waals surface area contributed by atoms with Gasteiger partial charge in [0.05, 0.1) is 19.5 Å². The zero-order chi connectivity index (χ0) is 24.5. The Kier molecular flexibility index (Phi) is 9.06. The molecule has 0 aliphatic carbocycles. The Labute approximate surface area is 202 Å². The first-order chi connectivity index (χ1) is 16.5. The summed E-state index contributed by atoms with van der Waals surface area (Å²) in [5.74, 6) is 0.702. The van der Waals surface area contributed by atoms with E-state index in [1.807, 2.05) is 31.2 Å². The fraction of sp³-hybridized carbons (Fsp3) is 0.333. The first-order valence-electron chi connectivity index (χ1n) is 11.0. The van der Waals surface area contributed by atoms with Gasteiger partial charge in [0, 0.05) is 17.8 Å². The number of aryl methyl sites for hydroxylation is 1. The van der Waals surface area contributed by atoms with Crippen LogP contribution in [0.4, 0.5) is 5.69 Å². The number of hydrogen-bond donors (Lipinski definition) is 3. The molecule has 3 rings (SSSR count). The first kappa shape index (κ1) is 25.3. The van der Waals surface area contributed by atoms with Crippen molar-refractivity contribution in [1.82, 2.24) is 20.1 Å². The van der Waals surface area contributed by atoms with Crippen LogP contribution in [0.1, 0.15) is 41.6 Å². The topological polar surface area (TPSA) is 118 Å². The number of amides is 2. The van der Waals surface area contributed by atoms with E-state index in [-0.39, 0.29) is 24.2 Å². The smallest absolute Gasteiger partial charge is 0.251 e. The van der Waals surface area contributed by atoms with Gasteiger partial charge in [0.2, 0.25) is 5.91 Å². The van der Waals surface area contributed by atoms with Crippen molar-refractivity contribution in [1.29, 1.82) is 0 Å². The van der Waals surface area contributed by atoms with Crippen molar-refractivity contribution >= 4 is 29.3 Å². The van der Waals surface area contributed by atoms with Crippen LogP contribution in [0, 0.1) is 0 Å². The van der Waals surface area contributed by atoms with E-state index in [2.05, 4.69) is 27.8 Å². The van der Waals surface area contributed by atoms with Gasteiger partial charge in [-0.25, -0.2) is 0 Å². The zero-order valence-corrected chi connectivity index (χ0v) is 20.3. The molecule has 0 bridgehead atoms. The van der Waals surface area contributed by atoms with Gasteiger partial charge in [0.15, 0.2) is 11.0 Å². The number of thioether (sulfide) groups is 1. The second kappa shape index (κ2) is 12.2. The number of anilines is 1. The molecule has 1 heterocycles. The highest BCUT2D eigenvalue weighted by Gasteiger charge is 2.23. The summed E-state index contributed by atoms with van der Waals surface area (Å²) in [7, 11) is 1.55. The van der Waals surface area contributed by atoms with Gasteiger partial charge in [-0.2, -0.15) is 0 Å². The average Bonchev–Trinajstić information content (AvgIpc) is 3.29. The molecule has 0 saturated carbocycles. The van der Waals surface area contributed by atoms with Gasteiger partial charge in [-0.15, -0.1) is 10.2 Å². The van der Waals surface area contributed by atoms with Crippen LogP contribution in [-0.2, 0) is 17.8 Å². The van der Waals surface area contributed by atoms with Crippen LogP contribution >= 0.6 is 11.8 Å². The molecular formula is C24H29N5O4S. The Bertz CT molecular complexity index is 1100. The summed E-state index contributed by atoms with van der Waals surface area (Å²) in [4.78, 5) is 25.0. The molecule has 34 heavy (non-hydrogen) atoms. The fourth-order valence-electron chi connectivity index (χ4n) is 3.29. The summed E-state index contributed by atoms with van der Waals surface area (Å²) < 4.78 is 6.89. The van der Waals surface area contributed by atoms with Gasteiger partial charge in [-0.05, 0) is 55.3 Å². The highest BCUT2D eigenvalue weighted by Crippen LogP contribution is 2.22. The molecule has 0 aliphatic rings. The van der Waals surface area contributed by atoms with E-state index in [0.717, 1.165) is 12.1 Å². The van der Waals surface area contributed by atoms with Crippen molar-refractivity contribution in [2.75, 3.05) is 24.8 Å². The minimum atomic E-state index is -0.748. The minimum absolute atomic E-state index is 0.148. The molecule has 180 valence electrons. The molecule has 3 N–H and O–H groups in total. The van der Waals surface area contributed by atoms with E-state index in [0.29, 0.717) is 28.8 Å². The van der Waals surface area contributed by atoms with Crippen molar-refractivity contribution in [2.45, 2.75) is 38.0 Å². The zero-order valence-electron chi connectivity index (χ0n) is 19.4. The Balaban J connectivity index is 1.63. The standard InChI is InChI=1S/C24H29N5O4S/c1-4-16-6-10-18(11-7-16)25-21(31)15-34-24-28-27-22(29(24)5-2)20(14-30)26-23(32)17-8-12-19(33-3)13-9-17/h6-13,20,30H,4-5,14-15H2,1-3H3,(H,25,31)(H,26,32)/t20-/m1/s1. The summed E-state index contributed by atoms with van der Waals surface area (Å²) in [6.07, 6.45) is 0.939. The molecule has 0 aliphatic heterocycles. The maximum absolute atomic E-state index is 12.6. The van der Waals surface area contributed by atoms with Gasteiger partial charge >= 0.3 is 0 Å². The van der Waals surface area contributed by atoms with Crippen LogP contribution in [0.25, 0.3) is 0 Å². The first-order valence-corrected chi connectivity index (χ1v) is 12.0. The number of aliphatic hydroxyl groups is 1. The molecule has 10 heteroatoms. The molecule has 1 atom stereocenters. The SMILES string of the molecule is CCc1ccc(NC(=O)CSc2nnc([C@@H](CO)NC(=O)c3ccc(OC)cc3)n2CC)cc1. The second-order valence-corrected chi connectivity index (χ2v) is 8.35. The van der Waals surface area contributed by atoms with E-state index in [4.69, 9.17) is 4.74 Å². The molecule has 0 spiro atoms. The molecule has 0 radical (unpaired) electrons. The quantitative estimate of drug-likeness (QED) is 0.359. The minimum Gasteiger partial charge on any atom is -0.497 e. The van der Waals surface area contributed by atoms with Gasteiger partial charge in [0.25, 0.3) is 5.91 Å². The number of hydrogen-bond acceptors (Lipinski definition) is 7. The Morgan fingerprint density at radius 2 is 1.79 bits per heavy atom. The van der Waals surface area contributed by atoms with Crippen LogP contribution in [0.15, 0.2) is 53.7 Å². The number of aromatic nitrogens is 3. The summed E-state index contributed by atoms with van der Waals surface area (Å²) in [5.41, 5.74) is 2.37. The third-order valence-electron chi connectivity index (χ3n) is 5.19. The number of aliphatic hydroxyl groups excluding tert-OH is 1. The van der Waals surface area contributed by atoms with Crippen LogP contribution < -0.4 is 15.4 Å². The van der Waals surface area contributed by atoms with Crippen molar-refractivity contribution in [2.24, 2.45) is 0 Å². The maximum atomic E-state index is 12.6. The Hall–Kier alpha value is -3.37. The predicted octanol–water partition coefficient (Wildman–Crippen LogP) is 3.06. The van der Waals surface area contributed by atoms with E-state index in [1.165, 1.54) is 17.3 Å². The number of carbonyl (C=O) groups is 2. The summed E-state index contributed by atoms with van der Waals surface area (Å²) in [5, 5.41) is 24.5.